The summed E-state index contributed by atoms with van der Waals surface area (Å²) >= 11 is 0. The maximum Gasteiger partial charge on any atom is 0.226 e. The summed E-state index contributed by atoms with van der Waals surface area (Å²) in [6, 6.07) is 9.85. The summed E-state index contributed by atoms with van der Waals surface area (Å²) in [5.41, 5.74) is 3.84. The van der Waals surface area contributed by atoms with Crippen molar-refractivity contribution < 1.29 is 13.2 Å². The molecular formula is C18H23N3O3S. The number of hydrogen-bond acceptors (Lipinski definition) is 4. The molecule has 1 fully saturated rings. The zero-order valence-electron chi connectivity index (χ0n) is 14.8. The minimum atomic E-state index is -3.06. The third-order valence-electron chi connectivity index (χ3n) is 4.80. The largest absolute Gasteiger partial charge is 0.341 e. The van der Waals surface area contributed by atoms with Crippen LogP contribution >= 0.6 is 0 Å². The lowest BCUT2D eigenvalue weighted by atomic mass is 10.1. The summed E-state index contributed by atoms with van der Waals surface area (Å²) in [5, 5.41) is 4.60. The number of para-hydroxylation sites is 1. The Balaban J connectivity index is 1.79. The van der Waals surface area contributed by atoms with Crippen LogP contribution in [0.1, 0.15) is 23.4 Å². The predicted octanol–water partition coefficient (Wildman–Crippen LogP) is 1.88. The standard InChI is InChI=1S/C18H23N3O3S/c1-13-17(14(2)21(19-13)16-7-5-4-6-8-16)11-20(3)18(22)15-9-10-25(23,24)12-15/h4-8,15H,9-12H2,1-3H3/t15-/m0/s1. The molecule has 0 N–H and O–H groups in total. The van der Waals surface area contributed by atoms with Gasteiger partial charge in [0.1, 0.15) is 0 Å². The number of aryl methyl sites for hydroxylation is 1. The van der Waals surface area contributed by atoms with E-state index in [1.165, 1.54) is 0 Å². The zero-order valence-corrected chi connectivity index (χ0v) is 15.6. The topological polar surface area (TPSA) is 72.3 Å². The van der Waals surface area contributed by atoms with Crippen LogP contribution in [0.4, 0.5) is 0 Å². The molecule has 0 unspecified atom stereocenters. The number of nitrogens with zero attached hydrogens (tertiary/aromatic N) is 3. The van der Waals surface area contributed by atoms with Crippen LogP contribution in [0.2, 0.25) is 0 Å². The minimum absolute atomic E-state index is 0.0303. The van der Waals surface area contributed by atoms with E-state index >= 15 is 0 Å². The Hall–Kier alpha value is -2.15. The SMILES string of the molecule is Cc1nn(-c2ccccc2)c(C)c1CN(C)C(=O)[C@H]1CCS(=O)(=O)C1. The summed E-state index contributed by atoms with van der Waals surface area (Å²) < 4.78 is 25.1. The number of aromatic nitrogens is 2. The van der Waals surface area contributed by atoms with Gasteiger partial charge in [0.25, 0.3) is 0 Å². The number of amides is 1. The number of benzene rings is 1. The lowest BCUT2D eigenvalue weighted by Crippen LogP contribution is -2.33. The van der Waals surface area contributed by atoms with Gasteiger partial charge in [0.15, 0.2) is 9.84 Å². The highest BCUT2D eigenvalue weighted by Crippen LogP contribution is 2.23. The molecular weight excluding hydrogens is 338 g/mol. The third kappa shape index (κ3) is 3.61. The Morgan fingerprint density at radius 3 is 2.56 bits per heavy atom. The number of carbonyl (C=O) groups excluding carboxylic acids is 1. The van der Waals surface area contributed by atoms with E-state index in [1.807, 2.05) is 48.9 Å². The van der Waals surface area contributed by atoms with E-state index in [9.17, 15) is 13.2 Å². The normalized spacial score (nSPS) is 19.1. The first kappa shape index (κ1) is 17.7. The molecule has 134 valence electrons. The van der Waals surface area contributed by atoms with Gasteiger partial charge in [-0.3, -0.25) is 4.79 Å². The van der Waals surface area contributed by atoms with Gasteiger partial charge in [-0.05, 0) is 32.4 Å². The maximum absolute atomic E-state index is 12.6. The molecule has 1 saturated heterocycles. The Morgan fingerprint density at radius 1 is 1.28 bits per heavy atom. The van der Waals surface area contributed by atoms with Crippen LogP contribution in [0.3, 0.4) is 0 Å². The Labute approximate surface area is 148 Å². The summed E-state index contributed by atoms with van der Waals surface area (Å²) in [6.45, 7) is 4.35. The molecule has 2 aromatic rings. The number of hydrogen-bond donors (Lipinski definition) is 0. The molecule has 1 atom stereocenters. The van der Waals surface area contributed by atoms with Crippen molar-refractivity contribution in [2.45, 2.75) is 26.8 Å². The molecule has 0 bridgehead atoms. The highest BCUT2D eigenvalue weighted by Gasteiger charge is 2.34. The van der Waals surface area contributed by atoms with E-state index in [0.717, 1.165) is 22.6 Å². The summed E-state index contributed by atoms with van der Waals surface area (Å²) in [7, 11) is -1.33. The van der Waals surface area contributed by atoms with E-state index in [2.05, 4.69) is 5.10 Å². The van der Waals surface area contributed by atoms with Crippen LogP contribution < -0.4 is 0 Å². The van der Waals surface area contributed by atoms with Gasteiger partial charge in [0.2, 0.25) is 5.91 Å². The second kappa shape index (κ2) is 6.63. The van der Waals surface area contributed by atoms with E-state index in [4.69, 9.17) is 0 Å². The second-order valence-electron chi connectivity index (χ2n) is 6.69. The quantitative estimate of drug-likeness (QED) is 0.834. The smallest absolute Gasteiger partial charge is 0.226 e. The maximum atomic E-state index is 12.6. The van der Waals surface area contributed by atoms with E-state index < -0.39 is 15.8 Å². The molecule has 7 heteroatoms. The number of sulfone groups is 1. The van der Waals surface area contributed by atoms with Gasteiger partial charge in [-0.15, -0.1) is 0 Å². The van der Waals surface area contributed by atoms with E-state index in [0.29, 0.717) is 13.0 Å². The van der Waals surface area contributed by atoms with Gasteiger partial charge in [0.05, 0.1) is 28.8 Å². The van der Waals surface area contributed by atoms with Gasteiger partial charge in [-0.1, -0.05) is 18.2 Å². The molecule has 0 spiro atoms. The van der Waals surface area contributed by atoms with Crippen molar-refractivity contribution in [3.05, 3.63) is 47.3 Å². The average molecular weight is 361 g/mol. The van der Waals surface area contributed by atoms with E-state index in [1.54, 1.807) is 11.9 Å². The van der Waals surface area contributed by atoms with Gasteiger partial charge >= 0.3 is 0 Å². The fourth-order valence-electron chi connectivity index (χ4n) is 3.34. The Bertz CT molecular complexity index is 888. The first-order valence-electron chi connectivity index (χ1n) is 8.34. The van der Waals surface area contributed by atoms with Crippen LogP contribution in [0.25, 0.3) is 5.69 Å². The fraction of sp³-hybridized carbons (Fsp3) is 0.444. The van der Waals surface area contributed by atoms with Crippen molar-refractivity contribution in [2.24, 2.45) is 5.92 Å². The molecule has 0 aliphatic carbocycles. The zero-order chi connectivity index (χ0) is 18.2. The lowest BCUT2D eigenvalue weighted by molar-refractivity contribution is -0.133. The van der Waals surface area contributed by atoms with Crippen molar-refractivity contribution in [3.8, 4) is 5.69 Å². The average Bonchev–Trinajstić information content (AvgIpc) is 3.08. The molecule has 3 rings (SSSR count). The van der Waals surface area contributed by atoms with Crippen molar-refractivity contribution in [2.75, 3.05) is 18.6 Å². The minimum Gasteiger partial charge on any atom is -0.341 e. The summed E-state index contributed by atoms with van der Waals surface area (Å²) in [5.74, 6) is -0.439. The van der Waals surface area contributed by atoms with Crippen molar-refractivity contribution >= 4 is 15.7 Å². The highest BCUT2D eigenvalue weighted by molar-refractivity contribution is 7.91. The molecule has 1 aromatic heterocycles. The van der Waals surface area contributed by atoms with Gasteiger partial charge in [0, 0.05) is 24.8 Å². The van der Waals surface area contributed by atoms with Gasteiger partial charge in [-0.25, -0.2) is 13.1 Å². The molecule has 1 aliphatic heterocycles. The van der Waals surface area contributed by atoms with Crippen LogP contribution in [-0.4, -0.2) is 47.6 Å². The van der Waals surface area contributed by atoms with Gasteiger partial charge in [-0.2, -0.15) is 5.10 Å². The number of carbonyl (C=O) groups is 1. The summed E-state index contributed by atoms with van der Waals surface area (Å²) in [6.07, 6.45) is 0.423. The van der Waals surface area contributed by atoms with E-state index in [-0.39, 0.29) is 17.4 Å². The summed E-state index contributed by atoms with van der Waals surface area (Å²) in [4.78, 5) is 14.2. The first-order chi connectivity index (χ1) is 11.8. The fourth-order valence-corrected chi connectivity index (χ4v) is 5.07. The first-order valence-corrected chi connectivity index (χ1v) is 10.2. The van der Waals surface area contributed by atoms with Crippen LogP contribution in [0.5, 0.6) is 0 Å². The van der Waals surface area contributed by atoms with Crippen LogP contribution in [0, 0.1) is 19.8 Å². The molecule has 1 aromatic carbocycles. The third-order valence-corrected chi connectivity index (χ3v) is 6.56. The van der Waals surface area contributed by atoms with Gasteiger partial charge < -0.3 is 4.90 Å². The Morgan fingerprint density at radius 2 is 1.96 bits per heavy atom. The van der Waals surface area contributed by atoms with Crippen molar-refractivity contribution in [1.82, 2.24) is 14.7 Å². The van der Waals surface area contributed by atoms with Crippen molar-refractivity contribution in [1.29, 1.82) is 0 Å². The second-order valence-corrected chi connectivity index (χ2v) is 8.92. The Kier molecular flexibility index (Phi) is 4.69. The molecule has 0 radical (unpaired) electrons. The predicted molar refractivity (Wildman–Crippen MR) is 96.3 cm³/mol. The number of rotatable bonds is 4. The van der Waals surface area contributed by atoms with Crippen molar-refractivity contribution in [3.63, 3.8) is 0 Å². The van der Waals surface area contributed by atoms with Crippen LogP contribution in [0.15, 0.2) is 30.3 Å². The monoisotopic (exact) mass is 361 g/mol. The molecule has 0 saturated carbocycles. The lowest BCUT2D eigenvalue weighted by Gasteiger charge is -2.20. The highest BCUT2D eigenvalue weighted by atomic mass is 32.2. The molecule has 25 heavy (non-hydrogen) atoms. The molecule has 1 amide bonds. The molecule has 1 aliphatic rings. The molecule has 2 heterocycles. The van der Waals surface area contributed by atoms with Crippen LogP contribution in [-0.2, 0) is 21.2 Å². The molecule has 6 nitrogen and oxygen atoms in total.